The van der Waals surface area contributed by atoms with E-state index < -0.39 is 0 Å². The van der Waals surface area contributed by atoms with E-state index in [1.54, 1.807) is 0 Å². The standard InChI is InChI=1S/C16H19N3O2S/c1-2-14-15(22-19-18-14)16(20)17-11-6-5-9-13(10-11)21-12-7-3-4-8-12/h5-6,9-10,12H,2-4,7-8H2,1H3,(H,17,20). The molecule has 1 N–H and O–H groups in total. The molecule has 1 amide bonds. The van der Waals surface area contributed by atoms with Gasteiger partial charge in [0.1, 0.15) is 10.6 Å². The molecule has 0 atom stereocenters. The maximum atomic E-state index is 12.3. The SMILES string of the molecule is CCc1nnsc1C(=O)Nc1cccc(OC2CCCC2)c1. The summed E-state index contributed by atoms with van der Waals surface area (Å²) < 4.78 is 9.81. The van der Waals surface area contributed by atoms with E-state index in [0.717, 1.165) is 41.5 Å². The number of anilines is 1. The number of ether oxygens (including phenoxy) is 1. The Hall–Kier alpha value is -1.95. The van der Waals surface area contributed by atoms with Crippen molar-refractivity contribution in [3.05, 3.63) is 34.8 Å². The number of amides is 1. The van der Waals surface area contributed by atoms with E-state index in [1.807, 2.05) is 31.2 Å². The summed E-state index contributed by atoms with van der Waals surface area (Å²) in [7, 11) is 0. The Bertz CT molecular complexity index is 650. The lowest BCUT2D eigenvalue weighted by molar-refractivity contribution is 0.102. The number of carbonyl (C=O) groups is 1. The average Bonchev–Trinajstić information content (AvgIpc) is 3.18. The maximum Gasteiger partial charge on any atom is 0.269 e. The Morgan fingerprint density at radius 2 is 2.23 bits per heavy atom. The Morgan fingerprint density at radius 1 is 1.41 bits per heavy atom. The zero-order valence-corrected chi connectivity index (χ0v) is 13.4. The summed E-state index contributed by atoms with van der Waals surface area (Å²) in [6, 6.07) is 7.56. The minimum atomic E-state index is -0.162. The van der Waals surface area contributed by atoms with Gasteiger partial charge >= 0.3 is 0 Å². The van der Waals surface area contributed by atoms with Gasteiger partial charge in [0.2, 0.25) is 0 Å². The summed E-state index contributed by atoms with van der Waals surface area (Å²) in [6.07, 6.45) is 5.71. The minimum absolute atomic E-state index is 0.162. The lowest BCUT2D eigenvalue weighted by Gasteiger charge is -2.14. The van der Waals surface area contributed by atoms with Crippen molar-refractivity contribution in [1.82, 2.24) is 9.59 Å². The number of benzene rings is 1. The number of nitrogens with one attached hydrogen (secondary N) is 1. The van der Waals surface area contributed by atoms with E-state index >= 15 is 0 Å². The van der Waals surface area contributed by atoms with Crippen molar-refractivity contribution in [2.24, 2.45) is 0 Å². The quantitative estimate of drug-likeness (QED) is 0.914. The van der Waals surface area contributed by atoms with Gasteiger partial charge in [0.25, 0.3) is 5.91 Å². The van der Waals surface area contributed by atoms with Gasteiger partial charge in [-0.15, -0.1) is 5.10 Å². The lowest BCUT2D eigenvalue weighted by atomic mass is 10.2. The summed E-state index contributed by atoms with van der Waals surface area (Å²) in [5.74, 6) is 0.646. The molecule has 0 saturated heterocycles. The van der Waals surface area contributed by atoms with Crippen molar-refractivity contribution >= 4 is 23.1 Å². The molecule has 0 aliphatic heterocycles. The smallest absolute Gasteiger partial charge is 0.269 e. The molecule has 22 heavy (non-hydrogen) atoms. The van der Waals surface area contributed by atoms with Crippen LogP contribution in [-0.4, -0.2) is 21.6 Å². The first kappa shape index (κ1) is 15.0. The molecule has 0 unspecified atom stereocenters. The maximum absolute atomic E-state index is 12.3. The van der Waals surface area contributed by atoms with E-state index in [1.165, 1.54) is 12.8 Å². The summed E-state index contributed by atoms with van der Waals surface area (Å²) in [5, 5.41) is 6.86. The van der Waals surface area contributed by atoms with E-state index in [4.69, 9.17) is 4.74 Å². The molecule has 116 valence electrons. The molecule has 1 aliphatic carbocycles. The van der Waals surface area contributed by atoms with Crippen LogP contribution >= 0.6 is 11.5 Å². The largest absolute Gasteiger partial charge is 0.490 e. The second kappa shape index (κ2) is 6.87. The van der Waals surface area contributed by atoms with E-state index in [-0.39, 0.29) is 5.91 Å². The number of hydrogen-bond donors (Lipinski definition) is 1. The first-order valence-electron chi connectivity index (χ1n) is 7.65. The van der Waals surface area contributed by atoms with Gasteiger partial charge in [-0.1, -0.05) is 17.5 Å². The van der Waals surface area contributed by atoms with Gasteiger partial charge in [-0.25, -0.2) is 0 Å². The van der Waals surface area contributed by atoms with Crippen molar-refractivity contribution in [1.29, 1.82) is 0 Å². The van der Waals surface area contributed by atoms with E-state index in [9.17, 15) is 4.79 Å². The fourth-order valence-electron chi connectivity index (χ4n) is 2.65. The molecule has 0 bridgehead atoms. The summed E-state index contributed by atoms with van der Waals surface area (Å²) in [6.45, 7) is 1.96. The first-order chi connectivity index (χ1) is 10.8. The molecule has 1 aromatic carbocycles. The number of aryl methyl sites for hydroxylation is 1. The summed E-state index contributed by atoms with van der Waals surface area (Å²) >= 11 is 1.13. The molecule has 1 aromatic heterocycles. The third-order valence-corrected chi connectivity index (χ3v) is 4.56. The van der Waals surface area contributed by atoms with Crippen molar-refractivity contribution in [2.75, 3.05) is 5.32 Å². The van der Waals surface area contributed by atoms with Crippen LogP contribution in [0.2, 0.25) is 0 Å². The minimum Gasteiger partial charge on any atom is -0.490 e. The predicted molar refractivity (Wildman–Crippen MR) is 86.6 cm³/mol. The average molecular weight is 317 g/mol. The summed E-state index contributed by atoms with van der Waals surface area (Å²) in [5.41, 5.74) is 1.47. The van der Waals surface area contributed by atoms with Crippen molar-refractivity contribution in [3.8, 4) is 5.75 Å². The molecule has 3 rings (SSSR count). The second-order valence-electron chi connectivity index (χ2n) is 5.41. The molecule has 2 aromatic rings. The number of rotatable bonds is 5. The molecule has 1 saturated carbocycles. The molecular formula is C16H19N3O2S. The van der Waals surface area contributed by atoms with Crippen LogP contribution in [0.1, 0.15) is 48.0 Å². The summed E-state index contributed by atoms with van der Waals surface area (Å²) in [4.78, 5) is 12.9. The van der Waals surface area contributed by atoms with Crippen LogP contribution < -0.4 is 10.1 Å². The van der Waals surface area contributed by atoms with Crippen LogP contribution in [0.15, 0.2) is 24.3 Å². The van der Waals surface area contributed by atoms with Gasteiger partial charge in [0.15, 0.2) is 0 Å². The van der Waals surface area contributed by atoms with Gasteiger partial charge in [-0.3, -0.25) is 4.79 Å². The first-order valence-corrected chi connectivity index (χ1v) is 8.43. The third-order valence-electron chi connectivity index (χ3n) is 3.79. The van der Waals surface area contributed by atoms with Crippen molar-refractivity contribution in [2.45, 2.75) is 45.1 Å². The topological polar surface area (TPSA) is 64.1 Å². The number of nitrogens with zero attached hydrogens (tertiary/aromatic N) is 2. The zero-order chi connectivity index (χ0) is 15.4. The number of carbonyl (C=O) groups excluding carboxylic acids is 1. The van der Waals surface area contributed by atoms with Crippen LogP contribution in [0.3, 0.4) is 0 Å². The Balaban J connectivity index is 1.68. The monoisotopic (exact) mass is 317 g/mol. The predicted octanol–water partition coefficient (Wildman–Crippen LogP) is 3.67. The number of aromatic nitrogens is 2. The Kier molecular flexibility index (Phi) is 4.68. The normalized spacial score (nSPS) is 15.0. The van der Waals surface area contributed by atoms with Crippen molar-refractivity contribution < 1.29 is 9.53 Å². The molecule has 0 spiro atoms. The molecule has 1 fully saturated rings. The van der Waals surface area contributed by atoms with Crippen LogP contribution in [0.25, 0.3) is 0 Å². The van der Waals surface area contributed by atoms with E-state index in [0.29, 0.717) is 17.4 Å². The second-order valence-corrected chi connectivity index (χ2v) is 6.16. The highest BCUT2D eigenvalue weighted by molar-refractivity contribution is 7.08. The Labute approximate surface area is 133 Å². The van der Waals surface area contributed by atoms with Gasteiger partial charge in [-0.2, -0.15) is 0 Å². The lowest BCUT2D eigenvalue weighted by Crippen LogP contribution is -2.13. The highest BCUT2D eigenvalue weighted by Gasteiger charge is 2.17. The van der Waals surface area contributed by atoms with Crippen LogP contribution in [0.5, 0.6) is 5.75 Å². The van der Waals surface area contributed by atoms with Crippen LogP contribution in [0.4, 0.5) is 5.69 Å². The fraction of sp³-hybridized carbons (Fsp3) is 0.438. The zero-order valence-electron chi connectivity index (χ0n) is 12.5. The molecule has 6 heteroatoms. The molecule has 1 heterocycles. The molecule has 5 nitrogen and oxygen atoms in total. The van der Waals surface area contributed by atoms with E-state index in [2.05, 4.69) is 14.9 Å². The Morgan fingerprint density at radius 3 is 3.00 bits per heavy atom. The molecule has 1 aliphatic rings. The van der Waals surface area contributed by atoms with Gasteiger partial charge < -0.3 is 10.1 Å². The third kappa shape index (κ3) is 3.44. The van der Waals surface area contributed by atoms with Gasteiger partial charge in [-0.05, 0) is 55.8 Å². The van der Waals surface area contributed by atoms with Crippen LogP contribution in [-0.2, 0) is 6.42 Å². The number of hydrogen-bond acceptors (Lipinski definition) is 5. The highest BCUT2D eigenvalue weighted by atomic mass is 32.1. The van der Waals surface area contributed by atoms with Gasteiger partial charge in [0, 0.05) is 11.8 Å². The molecular weight excluding hydrogens is 298 g/mol. The molecule has 0 radical (unpaired) electrons. The highest BCUT2D eigenvalue weighted by Crippen LogP contribution is 2.26. The van der Waals surface area contributed by atoms with Crippen LogP contribution in [0, 0.1) is 0 Å². The fourth-order valence-corrected chi connectivity index (χ4v) is 3.29. The van der Waals surface area contributed by atoms with Gasteiger partial charge in [0.05, 0.1) is 11.8 Å². The van der Waals surface area contributed by atoms with Crippen molar-refractivity contribution in [3.63, 3.8) is 0 Å².